The molecule has 35 heavy (non-hydrogen) atoms. The Morgan fingerprint density at radius 2 is 2.00 bits per heavy atom. The van der Waals surface area contributed by atoms with Gasteiger partial charge in [-0.05, 0) is 60.9 Å². The van der Waals surface area contributed by atoms with E-state index in [-0.39, 0.29) is 18.9 Å². The Balaban J connectivity index is 1.58. The molecular formula is C26H24N4O4S. The average Bonchev–Trinajstić information content (AvgIpc) is 3.31. The Kier molecular flexibility index (Phi) is 7.25. The number of nitrogens with two attached hydrogens (primary N) is 1. The molecule has 2 heterocycles. The highest BCUT2D eigenvalue weighted by molar-refractivity contribution is 7.82. The van der Waals surface area contributed by atoms with Gasteiger partial charge in [-0.3, -0.25) is 4.79 Å². The maximum Gasteiger partial charge on any atom is 0.304 e. The number of nitrogens with zero attached hydrogens (tertiary/aromatic N) is 3. The van der Waals surface area contributed by atoms with Crippen LogP contribution in [-0.2, 0) is 22.4 Å². The predicted octanol–water partition coefficient (Wildman–Crippen LogP) is 3.85. The number of fused-ring (bicyclic) bond motifs is 1. The molecule has 0 saturated carbocycles. The van der Waals surface area contributed by atoms with Gasteiger partial charge in [0.2, 0.25) is 0 Å². The van der Waals surface area contributed by atoms with E-state index in [1.165, 1.54) is 6.33 Å². The highest BCUT2D eigenvalue weighted by Gasteiger charge is 2.14. The van der Waals surface area contributed by atoms with Crippen molar-refractivity contribution in [2.75, 3.05) is 0 Å². The summed E-state index contributed by atoms with van der Waals surface area (Å²) in [7, 11) is -1.54. The molecule has 0 radical (unpaired) electrons. The molecule has 0 amide bonds. The number of aryl methyl sites for hydroxylation is 1. The lowest BCUT2D eigenvalue weighted by molar-refractivity contribution is -0.137. The molecule has 2 aromatic heterocycles. The average molecular weight is 489 g/mol. The number of ether oxygens (including phenoxy) is 1. The van der Waals surface area contributed by atoms with Crippen molar-refractivity contribution in [3.63, 3.8) is 0 Å². The van der Waals surface area contributed by atoms with Crippen LogP contribution in [0.4, 0.5) is 0 Å². The van der Waals surface area contributed by atoms with Gasteiger partial charge < -0.3 is 9.84 Å². The van der Waals surface area contributed by atoms with Gasteiger partial charge >= 0.3 is 5.97 Å². The molecule has 8 nitrogen and oxygen atoms in total. The fraction of sp³-hybridized carbons (Fsp3) is 0.192. The van der Waals surface area contributed by atoms with E-state index in [1.807, 2.05) is 55.6 Å². The number of carboxylic acid groups (broad SMARTS) is 1. The Morgan fingerprint density at radius 3 is 2.66 bits per heavy atom. The molecule has 4 aromatic rings. The van der Waals surface area contributed by atoms with Gasteiger partial charge in [0.25, 0.3) is 0 Å². The Labute approximate surface area is 205 Å². The first-order valence-corrected chi connectivity index (χ1v) is 12.0. The number of pyridine rings is 1. The van der Waals surface area contributed by atoms with E-state index in [0.717, 1.165) is 27.8 Å². The van der Waals surface area contributed by atoms with Gasteiger partial charge in [-0.25, -0.2) is 18.8 Å². The normalized spacial score (nSPS) is 12.5. The zero-order valence-electron chi connectivity index (χ0n) is 19.3. The van der Waals surface area contributed by atoms with Crippen molar-refractivity contribution in [1.82, 2.24) is 14.6 Å². The van der Waals surface area contributed by atoms with E-state index in [9.17, 15) is 9.00 Å². The van der Waals surface area contributed by atoms with Crippen LogP contribution in [0.2, 0.25) is 0 Å². The van der Waals surface area contributed by atoms with Crippen LogP contribution in [0.1, 0.15) is 36.0 Å². The third kappa shape index (κ3) is 5.57. The van der Waals surface area contributed by atoms with Crippen LogP contribution in [-0.4, -0.2) is 29.9 Å². The van der Waals surface area contributed by atoms with E-state index >= 15 is 0 Å². The van der Waals surface area contributed by atoms with Gasteiger partial charge in [0, 0.05) is 17.3 Å². The summed E-state index contributed by atoms with van der Waals surface area (Å²) in [5.41, 5.74) is 5.17. The van der Waals surface area contributed by atoms with Gasteiger partial charge in [0.05, 0.1) is 17.2 Å². The summed E-state index contributed by atoms with van der Waals surface area (Å²) < 4.78 is 19.3. The summed E-state index contributed by atoms with van der Waals surface area (Å²) in [6.45, 7) is 3.89. The second kappa shape index (κ2) is 10.5. The van der Waals surface area contributed by atoms with E-state index < -0.39 is 17.0 Å². The van der Waals surface area contributed by atoms with E-state index in [0.29, 0.717) is 16.3 Å². The molecule has 0 saturated heterocycles. The minimum Gasteiger partial charge on any atom is -0.489 e. The molecule has 0 bridgehead atoms. The molecule has 4 rings (SSSR count). The van der Waals surface area contributed by atoms with Crippen molar-refractivity contribution in [3.8, 4) is 28.7 Å². The molecule has 2 atom stereocenters. The van der Waals surface area contributed by atoms with Gasteiger partial charge in [-0.2, -0.15) is 5.10 Å². The van der Waals surface area contributed by atoms with Gasteiger partial charge in [-0.1, -0.05) is 24.1 Å². The molecule has 0 aliphatic rings. The number of rotatable bonds is 8. The maximum absolute atomic E-state index is 11.6. The lowest BCUT2D eigenvalue weighted by atomic mass is 9.96. The number of aliphatic carboxylic acids is 1. The van der Waals surface area contributed by atoms with Crippen LogP contribution in [0.3, 0.4) is 0 Å². The first-order chi connectivity index (χ1) is 16.9. The van der Waals surface area contributed by atoms with Crippen molar-refractivity contribution in [2.24, 2.45) is 5.14 Å². The maximum atomic E-state index is 11.6. The number of benzene rings is 2. The van der Waals surface area contributed by atoms with Crippen molar-refractivity contribution >= 4 is 22.6 Å². The first-order valence-electron chi connectivity index (χ1n) is 10.8. The van der Waals surface area contributed by atoms with Crippen LogP contribution in [0.25, 0.3) is 16.8 Å². The number of carboxylic acids is 1. The topological polar surface area (TPSA) is 120 Å². The second-order valence-corrected chi connectivity index (χ2v) is 9.03. The van der Waals surface area contributed by atoms with Crippen molar-refractivity contribution < 1.29 is 18.8 Å². The SMILES string of the molecule is CC#CC(CC(=O)O)c1ccc(OCc2cc(-c3ccc(S(N)=O)cc3C)cn3ncnc23)cc1. The van der Waals surface area contributed by atoms with Crippen LogP contribution in [0, 0.1) is 18.8 Å². The van der Waals surface area contributed by atoms with Crippen molar-refractivity contribution in [3.05, 3.63) is 77.7 Å². The minimum atomic E-state index is -1.54. The van der Waals surface area contributed by atoms with Crippen molar-refractivity contribution in [1.29, 1.82) is 0 Å². The highest BCUT2D eigenvalue weighted by atomic mass is 32.2. The summed E-state index contributed by atoms with van der Waals surface area (Å²) in [5.74, 6) is 5.12. The molecule has 0 aliphatic heterocycles. The van der Waals surface area contributed by atoms with Crippen LogP contribution in [0.5, 0.6) is 5.75 Å². The third-order valence-corrected chi connectivity index (χ3v) is 6.29. The van der Waals surface area contributed by atoms with Crippen LogP contribution in [0.15, 0.2) is 66.0 Å². The standard InChI is InChI=1S/C26H24N4O4S/c1-3-4-19(13-25(31)32)18-5-7-22(8-6-18)34-15-21-12-20(14-30-26(21)28-16-29-30)24-10-9-23(35(27)33)11-17(24)2/h5-12,14,16,19H,13,15,27H2,1-2H3,(H,31,32). The second-order valence-electron chi connectivity index (χ2n) is 7.96. The Bertz CT molecular complexity index is 1470. The molecule has 0 fully saturated rings. The van der Waals surface area contributed by atoms with E-state index in [4.69, 9.17) is 15.0 Å². The Hall–Kier alpha value is -4.00. The van der Waals surface area contributed by atoms with Gasteiger partial charge in [0.15, 0.2) is 5.65 Å². The molecule has 3 N–H and O–H groups in total. The highest BCUT2D eigenvalue weighted by Crippen LogP contribution is 2.28. The summed E-state index contributed by atoms with van der Waals surface area (Å²) in [6, 6.07) is 14.7. The van der Waals surface area contributed by atoms with E-state index in [2.05, 4.69) is 21.9 Å². The fourth-order valence-electron chi connectivity index (χ4n) is 3.89. The molecule has 9 heteroatoms. The Morgan fingerprint density at radius 1 is 1.23 bits per heavy atom. The monoisotopic (exact) mass is 488 g/mol. The van der Waals surface area contributed by atoms with Crippen molar-refractivity contribution in [2.45, 2.75) is 37.7 Å². The summed E-state index contributed by atoms with van der Waals surface area (Å²) >= 11 is 0. The van der Waals surface area contributed by atoms with Gasteiger partial charge in [0.1, 0.15) is 29.7 Å². The summed E-state index contributed by atoms with van der Waals surface area (Å²) in [6.07, 6.45) is 3.32. The smallest absolute Gasteiger partial charge is 0.304 e. The summed E-state index contributed by atoms with van der Waals surface area (Å²) in [4.78, 5) is 16.1. The zero-order chi connectivity index (χ0) is 24.9. The number of aromatic nitrogens is 3. The largest absolute Gasteiger partial charge is 0.489 e. The zero-order valence-corrected chi connectivity index (χ0v) is 20.1. The summed E-state index contributed by atoms with van der Waals surface area (Å²) in [5, 5.41) is 18.9. The third-order valence-electron chi connectivity index (χ3n) is 5.57. The molecule has 178 valence electrons. The van der Waals surface area contributed by atoms with Crippen LogP contribution < -0.4 is 9.88 Å². The lowest BCUT2D eigenvalue weighted by Crippen LogP contribution is -2.05. The molecule has 0 aliphatic carbocycles. The number of hydrogen-bond donors (Lipinski definition) is 2. The molecule has 2 aromatic carbocycles. The molecule has 0 spiro atoms. The van der Waals surface area contributed by atoms with Gasteiger partial charge in [-0.15, -0.1) is 5.92 Å². The molecular weight excluding hydrogens is 464 g/mol. The quantitative estimate of drug-likeness (QED) is 0.364. The van der Waals surface area contributed by atoms with Crippen LogP contribution >= 0.6 is 0 Å². The lowest BCUT2D eigenvalue weighted by Gasteiger charge is -2.13. The minimum absolute atomic E-state index is 0.0553. The molecule has 2 unspecified atom stereocenters. The number of hydrogen-bond acceptors (Lipinski definition) is 5. The number of carbonyl (C=O) groups is 1. The fourth-order valence-corrected chi connectivity index (χ4v) is 4.39. The van der Waals surface area contributed by atoms with E-state index in [1.54, 1.807) is 17.5 Å². The first kappa shape index (κ1) is 24.1. The predicted molar refractivity (Wildman–Crippen MR) is 133 cm³/mol.